The van der Waals surface area contributed by atoms with Crippen LogP contribution in [0.3, 0.4) is 0 Å². The summed E-state index contributed by atoms with van der Waals surface area (Å²) < 4.78 is 32.8. The van der Waals surface area contributed by atoms with E-state index in [4.69, 9.17) is 16.3 Å². The molecule has 29 heavy (non-hydrogen) atoms. The SMILES string of the molecule is Cc1cccc(OCC(=O)Nc2ccc(S(=O)(=O)Nc3ccc(Cl)cc3)cc2)c1. The average molecular weight is 431 g/mol. The molecule has 0 aliphatic heterocycles. The van der Waals surface area contributed by atoms with Gasteiger partial charge in [0.05, 0.1) is 4.90 Å². The molecule has 8 heteroatoms. The van der Waals surface area contributed by atoms with Gasteiger partial charge in [0.1, 0.15) is 5.75 Å². The van der Waals surface area contributed by atoms with E-state index in [1.54, 1.807) is 30.3 Å². The van der Waals surface area contributed by atoms with Gasteiger partial charge in [-0.15, -0.1) is 0 Å². The number of hydrogen-bond donors (Lipinski definition) is 2. The molecule has 2 N–H and O–H groups in total. The summed E-state index contributed by atoms with van der Waals surface area (Å²) in [7, 11) is -3.75. The topological polar surface area (TPSA) is 84.5 Å². The second-order valence-corrected chi connectivity index (χ2v) is 8.41. The van der Waals surface area contributed by atoms with Crippen molar-refractivity contribution in [3.8, 4) is 5.75 Å². The van der Waals surface area contributed by atoms with Crippen molar-refractivity contribution in [2.24, 2.45) is 0 Å². The molecule has 0 unspecified atom stereocenters. The van der Waals surface area contributed by atoms with E-state index >= 15 is 0 Å². The molecule has 6 nitrogen and oxygen atoms in total. The molecule has 0 aliphatic carbocycles. The molecule has 1 amide bonds. The van der Waals surface area contributed by atoms with Crippen LogP contribution in [0.2, 0.25) is 5.02 Å². The highest BCUT2D eigenvalue weighted by molar-refractivity contribution is 7.92. The number of carbonyl (C=O) groups is 1. The Labute approximate surface area is 174 Å². The first-order chi connectivity index (χ1) is 13.8. The summed E-state index contributed by atoms with van der Waals surface area (Å²) in [4.78, 5) is 12.1. The Balaban J connectivity index is 1.58. The fourth-order valence-corrected chi connectivity index (χ4v) is 3.69. The quantitative estimate of drug-likeness (QED) is 0.579. The summed E-state index contributed by atoms with van der Waals surface area (Å²) in [5, 5.41) is 3.18. The third kappa shape index (κ3) is 5.97. The van der Waals surface area contributed by atoms with E-state index in [1.807, 2.05) is 25.1 Å². The number of rotatable bonds is 7. The number of nitrogens with one attached hydrogen (secondary N) is 2. The summed E-state index contributed by atoms with van der Waals surface area (Å²) in [6, 6.07) is 19.6. The standard InChI is InChI=1S/C21H19ClN2O4S/c1-15-3-2-4-19(13-15)28-14-21(25)23-17-9-11-20(12-10-17)29(26,27)24-18-7-5-16(22)6-8-18/h2-13,24H,14H2,1H3,(H,23,25). The molecule has 3 rings (SSSR count). The van der Waals surface area contributed by atoms with E-state index in [2.05, 4.69) is 10.0 Å². The maximum Gasteiger partial charge on any atom is 0.262 e. The number of sulfonamides is 1. The molecule has 0 saturated carbocycles. The average Bonchev–Trinajstić information content (AvgIpc) is 2.69. The lowest BCUT2D eigenvalue weighted by atomic mass is 10.2. The van der Waals surface area contributed by atoms with Crippen LogP contribution in [0.5, 0.6) is 5.75 Å². The van der Waals surface area contributed by atoms with E-state index in [0.717, 1.165) is 5.56 Å². The van der Waals surface area contributed by atoms with Crippen molar-refractivity contribution in [2.45, 2.75) is 11.8 Å². The minimum Gasteiger partial charge on any atom is -0.484 e. The van der Waals surface area contributed by atoms with Gasteiger partial charge in [-0.2, -0.15) is 0 Å². The van der Waals surface area contributed by atoms with E-state index < -0.39 is 10.0 Å². The van der Waals surface area contributed by atoms with Crippen LogP contribution in [-0.2, 0) is 14.8 Å². The van der Waals surface area contributed by atoms with Gasteiger partial charge in [0.25, 0.3) is 15.9 Å². The van der Waals surface area contributed by atoms with Gasteiger partial charge in [0, 0.05) is 16.4 Å². The zero-order chi connectivity index (χ0) is 20.9. The van der Waals surface area contributed by atoms with E-state index in [0.29, 0.717) is 22.1 Å². The Morgan fingerprint density at radius 3 is 2.28 bits per heavy atom. The molecule has 0 aliphatic rings. The molecule has 3 aromatic carbocycles. The van der Waals surface area contributed by atoms with Crippen LogP contribution >= 0.6 is 11.6 Å². The monoisotopic (exact) mass is 430 g/mol. The molecular weight excluding hydrogens is 412 g/mol. The number of aryl methyl sites for hydroxylation is 1. The fourth-order valence-electron chi connectivity index (χ4n) is 2.50. The van der Waals surface area contributed by atoms with E-state index in [1.165, 1.54) is 24.3 Å². The van der Waals surface area contributed by atoms with E-state index in [9.17, 15) is 13.2 Å². The number of carbonyl (C=O) groups excluding carboxylic acids is 1. The fraction of sp³-hybridized carbons (Fsp3) is 0.0952. The van der Waals surface area contributed by atoms with Crippen molar-refractivity contribution in [1.82, 2.24) is 0 Å². The summed E-state index contributed by atoms with van der Waals surface area (Å²) in [5.41, 5.74) is 1.90. The van der Waals surface area contributed by atoms with Crippen LogP contribution in [0.25, 0.3) is 0 Å². The Morgan fingerprint density at radius 1 is 0.966 bits per heavy atom. The molecule has 0 bridgehead atoms. The van der Waals surface area contributed by atoms with Crippen LogP contribution in [0, 0.1) is 6.92 Å². The molecule has 0 spiro atoms. The highest BCUT2D eigenvalue weighted by Crippen LogP contribution is 2.20. The number of amides is 1. The summed E-state index contributed by atoms with van der Waals surface area (Å²) in [6.07, 6.45) is 0. The van der Waals surface area contributed by atoms with Gasteiger partial charge >= 0.3 is 0 Å². The van der Waals surface area contributed by atoms with Crippen molar-refractivity contribution >= 4 is 38.9 Å². The highest BCUT2D eigenvalue weighted by Gasteiger charge is 2.14. The first-order valence-corrected chi connectivity index (χ1v) is 10.6. The molecule has 0 aromatic heterocycles. The lowest BCUT2D eigenvalue weighted by molar-refractivity contribution is -0.118. The molecule has 0 atom stereocenters. The van der Waals surface area contributed by atoms with Crippen LogP contribution < -0.4 is 14.8 Å². The van der Waals surface area contributed by atoms with Crippen molar-refractivity contribution in [3.05, 3.63) is 83.4 Å². The Kier molecular flexibility index (Phi) is 6.41. The van der Waals surface area contributed by atoms with Gasteiger partial charge in [0.2, 0.25) is 0 Å². The third-order valence-electron chi connectivity index (χ3n) is 3.90. The van der Waals surface area contributed by atoms with Crippen molar-refractivity contribution < 1.29 is 17.9 Å². The van der Waals surface area contributed by atoms with Crippen LogP contribution in [0.1, 0.15) is 5.56 Å². The number of benzene rings is 3. The first-order valence-electron chi connectivity index (χ1n) is 8.70. The third-order valence-corrected chi connectivity index (χ3v) is 5.55. The number of halogens is 1. The normalized spacial score (nSPS) is 11.0. The van der Waals surface area contributed by atoms with Gasteiger partial charge < -0.3 is 10.1 Å². The second kappa shape index (κ2) is 8.98. The van der Waals surface area contributed by atoms with E-state index in [-0.39, 0.29) is 17.4 Å². The largest absolute Gasteiger partial charge is 0.484 e. The minimum absolute atomic E-state index is 0.0708. The molecule has 0 saturated heterocycles. The molecule has 150 valence electrons. The van der Waals surface area contributed by atoms with Gasteiger partial charge in [-0.3, -0.25) is 9.52 Å². The van der Waals surface area contributed by atoms with Crippen molar-refractivity contribution in [1.29, 1.82) is 0 Å². The first kappa shape index (κ1) is 20.7. The van der Waals surface area contributed by atoms with Crippen LogP contribution in [0.15, 0.2) is 77.7 Å². The summed E-state index contributed by atoms with van der Waals surface area (Å²) in [5.74, 6) is 0.260. The number of hydrogen-bond acceptors (Lipinski definition) is 4. The zero-order valence-corrected chi connectivity index (χ0v) is 17.1. The summed E-state index contributed by atoms with van der Waals surface area (Å²) >= 11 is 5.80. The Bertz CT molecular complexity index is 1100. The number of anilines is 2. The van der Waals surface area contributed by atoms with Gasteiger partial charge in [-0.25, -0.2) is 8.42 Å². The molecule has 0 fully saturated rings. The second-order valence-electron chi connectivity index (χ2n) is 6.29. The predicted molar refractivity (Wildman–Crippen MR) is 114 cm³/mol. The van der Waals surface area contributed by atoms with Crippen LogP contribution in [0.4, 0.5) is 11.4 Å². The Morgan fingerprint density at radius 2 is 1.62 bits per heavy atom. The minimum atomic E-state index is -3.75. The predicted octanol–water partition coefficient (Wildman–Crippen LogP) is 4.47. The van der Waals surface area contributed by atoms with Crippen LogP contribution in [-0.4, -0.2) is 20.9 Å². The molecule has 0 radical (unpaired) electrons. The van der Waals surface area contributed by atoms with Gasteiger partial charge in [-0.1, -0.05) is 23.7 Å². The smallest absolute Gasteiger partial charge is 0.262 e. The lowest BCUT2D eigenvalue weighted by Crippen LogP contribution is -2.20. The number of ether oxygens (including phenoxy) is 1. The maximum absolute atomic E-state index is 12.5. The van der Waals surface area contributed by atoms with Crippen molar-refractivity contribution in [2.75, 3.05) is 16.6 Å². The van der Waals surface area contributed by atoms with Gasteiger partial charge in [0.15, 0.2) is 6.61 Å². The molecular formula is C21H19ClN2O4S. The molecule has 3 aromatic rings. The van der Waals surface area contributed by atoms with Crippen molar-refractivity contribution in [3.63, 3.8) is 0 Å². The van der Waals surface area contributed by atoms with Gasteiger partial charge in [-0.05, 0) is 73.2 Å². The maximum atomic E-state index is 12.5. The molecule has 0 heterocycles. The zero-order valence-electron chi connectivity index (χ0n) is 15.6. The lowest BCUT2D eigenvalue weighted by Gasteiger charge is -2.10. The highest BCUT2D eigenvalue weighted by atomic mass is 35.5. The summed E-state index contributed by atoms with van der Waals surface area (Å²) in [6.45, 7) is 1.78. The Hall–Kier alpha value is -3.03.